The van der Waals surface area contributed by atoms with Gasteiger partial charge in [-0.15, -0.1) is 11.6 Å². The average Bonchev–Trinajstić information content (AvgIpc) is 2.42. The summed E-state index contributed by atoms with van der Waals surface area (Å²) in [5.74, 6) is 0.0274. The fourth-order valence-electron chi connectivity index (χ4n) is 1.91. The lowest BCUT2D eigenvalue weighted by molar-refractivity contribution is 0.0158. The molecule has 0 aliphatic carbocycles. The van der Waals surface area contributed by atoms with Crippen molar-refractivity contribution in [3.05, 3.63) is 35.0 Å². The molecule has 2 unspecified atom stereocenters. The van der Waals surface area contributed by atoms with Crippen LogP contribution < -0.4 is 0 Å². The predicted octanol–water partition coefficient (Wildman–Crippen LogP) is 2.62. The van der Waals surface area contributed by atoms with Gasteiger partial charge in [0.2, 0.25) is 0 Å². The van der Waals surface area contributed by atoms with E-state index in [2.05, 4.69) is 4.98 Å². The number of alkyl halides is 1. The fraction of sp³-hybridized carbons (Fsp3) is 0.308. The first-order valence-electron chi connectivity index (χ1n) is 5.74. The molecule has 0 spiro atoms. The van der Waals surface area contributed by atoms with Crippen molar-refractivity contribution in [2.75, 3.05) is 5.88 Å². The number of phenols is 1. The summed E-state index contributed by atoms with van der Waals surface area (Å²) in [5, 5.41) is 30.9. The van der Waals surface area contributed by atoms with E-state index in [0.29, 0.717) is 15.9 Å². The first-order valence-corrected chi connectivity index (χ1v) is 6.65. The Labute approximate surface area is 120 Å². The summed E-state index contributed by atoms with van der Waals surface area (Å²) in [6, 6.07) is 4.85. The smallest absolute Gasteiger partial charge is 0.147 e. The van der Waals surface area contributed by atoms with Crippen LogP contribution in [0.1, 0.15) is 18.1 Å². The fourth-order valence-corrected chi connectivity index (χ4v) is 2.40. The number of aromatic hydroxyl groups is 1. The van der Waals surface area contributed by atoms with Crippen LogP contribution >= 0.6 is 23.2 Å². The van der Waals surface area contributed by atoms with Crippen LogP contribution in [-0.4, -0.2) is 32.3 Å². The Bertz CT molecular complexity index is 591. The molecule has 2 aromatic rings. The molecule has 0 radical (unpaired) electrons. The van der Waals surface area contributed by atoms with Gasteiger partial charge in [-0.2, -0.15) is 0 Å². The zero-order valence-corrected chi connectivity index (χ0v) is 11.4. The molecule has 0 aliphatic rings. The molecule has 0 fully saturated rings. The number of fused-ring (bicyclic) bond motifs is 1. The van der Waals surface area contributed by atoms with Gasteiger partial charge < -0.3 is 15.3 Å². The second-order valence-corrected chi connectivity index (χ2v) is 4.97. The lowest BCUT2D eigenvalue weighted by Gasteiger charge is -2.19. The molecule has 3 N–H and O–H groups in total. The highest BCUT2D eigenvalue weighted by Gasteiger charge is 2.23. The normalized spacial score (nSPS) is 14.5. The third-order valence-corrected chi connectivity index (χ3v) is 3.46. The summed E-state index contributed by atoms with van der Waals surface area (Å²) in [7, 11) is 0. The summed E-state index contributed by atoms with van der Waals surface area (Å²) in [6.45, 7) is 0. The Hall–Kier alpha value is -1.07. The number of aliphatic hydroxyl groups excluding tert-OH is 2. The van der Waals surface area contributed by atoms with Gasteiger partial charge in [-0.05, 0) is 24.6 Å². The molecule has 2 atom stereocenters. The number of hydrogen-bond acceptors (Lipinski definition) is 4. The van der Waals surface area contributed by atoms with Crippen molar-refractivity contribution >= 4 is 34.1 Å². The van der Waals surface area contributed by atoms with E-state index in [1.807, 2.05) is 0 Å². The van der Waals surface area contributed by atoms with E-state index in [0.717, 1.165) is 0 Å². The highest BCUT2D eigenvalue weighted by atomic mass is 35.5. The van der Waals surface area contributed by atoms with E-state index in [1.165, 1.54) is 12.3 Å². The van der Waals surface area contributed by atoms with Crippen LogP contribution in [0, 0.1) is 0 Å². The number of aromatic nitrogens is 1. The number of phenolic OH excluding ortho intramolecular Hbond substituents is 1. The molecule has 0 bridgehead atoms. The van der Waals surface area contributed by atoms with Gasteiger partial charge in [-0.1, -0.05) is 11.6 Å². The average molecular weight is 302 g/mol. The second kappa shape index (κ2) is 5.92. The van der Waals surface area contributed by atoms with Crippen molar-refractivity contribution in [1.82, 2.24) is 4.98 Å². The van der Waals surface area contributed by atoms with E-state index in [1.54, 1.807) is 12.1 Å². The largest absolute Gasteiger partial charge is 0.505 e. The van der Waals surface area contributed by atoms with Gasteiger partial charge in [0.15, 0.2) is 0 Å². The quantitative estimate of drug-likeness (QED) is 0.759. The Morgan fingerprint density at radius 3 is 2.74 bits per heavy atom. The number of hydrogen-bond donors (Lipinski definition) is 3. The van der Waals surface area contributed by atoms with Gasteiger partial charge in [-0.25, -0.2) is 0 Å². The molecular formula is C13H13Cl2NO3. The number of nitrogens with zero attached hydrogens (tertiary/aromatic N) is 1. The van der Waals surface area contributed by atoms with Gasteiger partial charge in [0.25, 0.3) is 0 Å². The van der Waals surface area contributed by atoms with E-state index in [-0.39, 0.29) is 23.6 Å². The molecule has 1 aromatic carbocycles. The van der Waals surface area contributed by atoms with Crippen LogP contribution in [-0.2, 0) is 0 Å². The summed E-state index contributed by atoms with van der Waals surface area (Å²) in [6.07, 6.45) is -0.604. The maximum atomic E-state index is 10.1. The van der Waals surface area contributed by atoms with Gasteiger partial charge in [0.05, 0.1) is 11.1 Å². The minimum absolute atomic E-state index is 0.147. The molecule has 102 valence electrons. The van der Waals surface area contributed by atoms with Crippen molar-refractivity contribution < 1.29 is 15.3 Å². The topological polar surface area (TPSA) is 73.6 Å². The van der Waals surface area contributed by atoms with Gasteiger partial charge in [0, 0.05) is 23.0 Å². The van der Waals surface area contributed by atoms with Crippen LogP contribution in [0.15, 0.2) is 24.4 Å². The molecule has 1 aromatic heterocycles. The van der Waals surface area contributed by atoms with Gasteiger partial charge in [0.1, 0.15) is 17.4 Å². The Kier molecular flexibility index (Phi) is 4.47. The molecule has 6 heteroatoms. The molecule has 1 heterocycles. The SMILES string of the molecule is Oc1c(C(O)C(O)CCCl)cc(Cl)c2cccnc12. The summed E-state index contributed by atoms with van der Waals surface area (Å²) in [4.78, 5) is 4.04. The predicted molar refractivity (Wildman–Crippen MR) is 74.7 cm³/mol. The Morgan fingerprint density at radius 2 is 2.05 bits per heavy atom. The van der Waals surface area contributed by atoms with Crippen LogP contribution in [0.2, 0.25) is 5.02 Å². The Morgan fingerprint density at radius 1 is 1.32 bits per heavy atom. The molecule has 4 nitrogen and oxygen atoms in total. The van der Waals surface area contributed by atoms with E-state index in [4.69, 9.17) is 23.2 Å². The summed E-state index contributed by atoms with van der Waals surface area (Å²) < 4.78 is 0. The monoisotopic (exact) mass is 301 g/mol. The molecule has 0 saturated heterocycles. The maximum Gasteiger partial charge on any atom is 0.147 e. The summed E-state index contributed by atoms with van der Waals surface area (Å²) in [5.41, 5.74) is 0.441. The minimum Gasteiger partial charge on any atom is -0.505 e. The molecule has 0 aliphatic heterocycles. The maximum absolute atomic E-state index is 10.1. The molecule has 0 saturated carbocycles. The zero-order chi connectivity index (χ0) is 14.0. The van der Waals surface area contributed by atoms with Crippen molar-refractivity contribution in [2.24, 2.45) is 0 Å². The van der Waals surface area contributed by atoms with Crippen molar-refractivity contribution in [3.63, 3.8) is 0 Å². The van der Waals surface area contributed by atoms with Crippen molar-refractivity contribution in [1.29, 1.82) is 0 Å². The lowest BCUT2D eigenvalue weighted by atomic mass is 9.99. The minimum atomic E-state index is -1.26. The highest BCUT2D eigenvalue weighted by molar-refractivity contribution is 6.35. The first kappa shape index (κ1) is 14.3. The van der Waals surface area contributed by atoms with Crippen LogP contribution in [0.5, 0.6) is 5.75 Å². The number of pyridine rings is 1. The van der Waals surface area contributed by atoms with Crippen LogP contribution in [0.4, 0.5) is 0 Å². The van der Waals surface area contributed by atoms with Crippen molar-refractivity contribution in [3.8, 4) is 5.75 Å². The number of aliphatic hydroxyl groups is 2. The van der Waals surface area contributed by atoms with E-state index in [9.17, 15) is 15.3 Å². The standard InChI is InChI=1S/C13H13Cl2NO3/c14-4-3-10(17)12(18)8-6-9(15)7-2-1-5-16-11(7)13(8)19/h1-2,5-6,10,12,17-19H,3-4H2. The third kappa shape index (κ3) is 2.77. The third-order valence-electron chi connectivity index (χ3n) is 2.93. The summed E-state index contributed by atoms with van der Waals surface area (Å²) >= 11 is 11.6. The van der Waals surface area contributed by atoms with Gasteiger partial charge in [-0.3, -0.25) is 4.98 Å². The van der Waals surface area contributed by atoms with Gasteiger partial charge >= 0.3 is 0 Å². The number of halogens is 2. The zero-order valence-electron chi connectivity index (χ0n) is 9.92. The second-order valence-electron chi connectivity index (χ2n) is 4.19. The van der Waals surface area contributed by atoms with Crippen LogP contribution in [0.25, 0.3) is 10.9 Å². The van der Waals surface area contributed by atoms with Crippen molar-refractivity contribution in [2.45, 2.75) is 18.6 Å². The van der Waals surface area contributed by atoms with E-state index >= 15 is 0 Å². The Balaban J connectivity index is 2.52. The van der Waals surface area contributed by atoms with Crippen LogP contribution in [0.3, 0.4) is 0 Å². The molecule has 2 rings (SSSR count). The number of rotatable bonds is 4. The lowest BCUT2D eigenvalue weighted by Crippen LogP contribution is -2.19. The highest BCUT2D eigenvalue weighted by Crippen LogP contribution is 2.37. The molecular weight excluding hydrogens is 289 g/mol. The number of benzene rings is 1. The molecule has 19 heavy (non-hydrogen) atoms. The first-order chi connectivity index (χ1) is 9.06. The van der Waals surface area contributed by atoms with E-state index < -0.39 is 12.2 Å². The molecule has 0 amide bonds.